The summed E-state index contributed by atoms with van der Waals surface area (Å²) in [6, 6.07) is 0. The van der Waals surface area contributed by atoms with E-state index in [1.165, 1.54) is 0 Å². The monoisotopic (exact) mass is 197 g/mol. The number of quaternary nitrogens is 1. The van der Waals surface area contributed by atoms with E-state index >= 15 is 0 Å². The van der Waals surface area contributed by atoms with Crippen molar-refractivity contribution in [2.45, 2.75) is 0 Å². The predicted molar refractivity (Wildman–Crippen MR) is 63.8 cm³/mol. The highest BCUT2D eigenvalue weighted by atomic mass is 16.3. The molecule has 0 amide bonds. The van der Waals surface area contributed by atoms with E-state index in [0.29, 0.717) is 0 Å². The van der Waals surface area contributed by atoms with Crippen molar-refractivity contribution in [3.63, 3.8) is 0 Å². The van der Waals surface area contributed by atoms with Gasteiger partial charge in [-0.2, -0.15) is 0 Å². The lowest BCUT2D eigenvalue weighted by atomic mass is 10.3. The Hall–Kier alpha value is -0.860. The zero-order chi connectivity index (χ0) is 10.2. The molecule has 0 spiro atoms. The SMILES string of the molecule is C=CC[N+](CC=C)(CC=C)CCO.[CH3-]. The lowest BCUT2D eigenvalue weighted by Crippen LogP contribution is -2.50. The highest BCUT2D eigenvalue weighted by Crippen LogP contribution is 2.06. The Kier molecular flexibility index (Phi) is 9.73. The quantitative estimate of drug-likeness (QED) is 0.357. The summed E-state index contributed by atoms with van der Waals surface area (Å²) in [5.41, 5.74) is 0. The second kappa shape index (κ2) is 8.73. The fourth-order valence-corrected chi connectivity index (χ4v) is 1.53. The summed E-state index contributed by atoms with van der Waals surface area (Å²) < 4.78 is 0.771. The number of rotatable bonds is 8. The molecule has 0 unspecified atom stereocenters. The Labute approximate surface area is 88.5 Å². The van der Waals surface area contributed by atoms with Gasteiger partial charge in [-0.15, -0.1) is 0 Å². The maximum atomic E-state index is 8.96. The number of aliphatic hydroxyl groups excluding tert-OH is 1. The Bertz CT molecular complexity index is 149. The molecular formula is C12H23NO. The van der Waals surface area contributed by atoms with Crippen molar-refractivity contribution >= 4 is 0 Å². The normalized spacial score (nSPS) is 10.1. The van der Waals surface area contributed by atoms with Gasteiger partial charge >= 0.3 is 0 Å². The maximum absolute atomic E-state index is 8.96. The first-order chi connectivity index (χ1) is 6.24. The molecule has 0 aromatic carbocycles. The summed E-state index contributed by atoms with van der Waals surface area (Å²) in [6.07, 6.45) is 5.63. The van der Waals surface area contributed by atoms with Crippen LogP contribution in [0.25, 0.3) is 0 Å². The molecular weight excluding hydrogens is 174 g/mol. The molecule has 0 aliphatic rings. The van der Waals surface area contributed by atoms with Crippen molar-refractivity contribution in [1.29, 1.82) is 0 Å². The average Bonchev–Trinajstić information content (AvgIpc) is 2.06. The fraction of sp³-hybridized carbons (Fsp3) is 0.417. The Balaban J connectivity index is 0. The zero-order valence-corrected chi connectivity index (χ0v) is 9.28. The lowest BCUT2D eigenvalue weighted by Gasteiger charge is -2.35. The smallest absolute Gasteiger partial charge is 0.103 e. The third-order valence-corrected chi connectivity index (χ3v) is 2.12. The molecule has 0 aromatic rings. The third-order valence-electron chi connectivity index (χ3n) is 2.12. The molecule has 0 saturated heterocycles. The third kappa shape index (κ3) is 5.00. The molecule has 0 aromatic heterocycles. The van der Waals surface area contributed by atoms with E-state index in [1.54, 1.807) is 0 Å². The molecule has 2 nitrogen and oxygen atoms in total. The summed E-state index contributed by atoms with van der Waals surface area (Å²) in [5, 5.41) is 8.96. The van der Waals surface area contributed by atoms with Gasteiger partial charge in [0.25, 0.3) is 0 Å². The minimum absolute atomic E-state index is 0. The van der Waals surface area contributed by atoms with E-state index in [4.69, 9.17) is 5.11 Å². The van der Waals surface area contributed by atoms with Crippen molar-refractivity contribution in [2.75, 3.05) is 32.8 Å². The average molecular weight is 197 g/mol. The van der Waals surface area contributed by atoms with Gasteiger partial charge in [0.2, 0.25) is 0 Å². The van der Waals surface area contributed by atoms with Crippen LogP contribution in [0.1, 0.15) is 0 Å². The second-order valence-corrected chi connectivity index (χ2v) is 3.20. The number of hydrogen-bond donors (Lipinski definition) is 1. The first-order valence-electron chi connectivity index (χ1n) is 4.53. The Morgan fingerprint density at radius 3 is 1.50 bits per heavy atom. The van der Waals surface area contributed by atoms with Crippen LogP contribution in [-0.4, -0.2) is 42.4 Å². The van der Waals surface area contributed by atoms with Gasteiger partial charge in [0.1, 0.15) is 6.54 Å². The summed E-state index contributed by atoms with van der Waals surface area (Å²) >= 11 is 0. The lowest BCUT2D eigenvalue weighted by molar-refractivity contribution is -0.912. The number of hydrogen-bond acceptors (Lipinski definition) is 1. The minimum atomic E-state index is 0. The van der Waals surface area contributed by atoms with E-state index in [0.717, 1.165) is 30.7 Å². The molecule has 0 aliphatic carbocycles. The van der Waals surface area contributed by atoms with Crippen LogP contribution in [0.4, 0.5) is 0 Å². The van der Waals surface area contributed by atoms with Gasteiger partial charge in [0.05, 0.1) is 26.2 Å². The first kappa shape index (κ1) is 15.6. The molecule has 0 rings (SSSR count). The van der Waals surface area contributed by atoms with Crippen molar-refractivity contribution in [3.8, 4) is 0 Å². The van der Waals surface area contributed by atoms with Crippen LogP contribution in [-0.2, 0) is 0 Å². The van der Waals surface area contributed by atoms with E-state index in [1.807, 2.05) is 18.2 Å². The second-order valence-electron chi connectivity index (χ2n) is 3.20. The van der Waals surface area contributed by atoms with Crippen LogP contribution >= 0.6 is 0 Å². The maximum Gasteiger partial charge on any atom is 0.103 e. The van der Waals surface area contributed by atoms with Crippen molar-refractivity contribution in [2.24, 2.45) is 0 Å². The van der Waals surface area contributed by atoms with E-state index in [-0.39, 0.29) is 14.0 Å². The molecule has 0 atom stereocenters. The summed E-state index contributed by atoms with van der Waals surface area (Å²) in [4.78, 5) is 0. The van der Waals surface area contributed by atoms with Crippen LogP contribution in [0.15, 0.2) is 38.0 Å². The number of nitrogens with zero attached hydrogens (tertiary/aromatic N) is 1. The Morgan fingerprint density at radius 2 is 1.29 bits per heavy atom. The van der Waals surface area contributed by atoms with E-state index < -0.39 is 0 Å². The number of aliphatic hydroxyl groups is 1. The van der Waals surface area contributed by atoms with Crippen LogP contribution in [0.2, 0.25) is 0 Å². The zero-order valence-electron chi connectivity index (χ0n) is 9.28. The highest BCUT2D eigenvalue weighted by molar-refractivity contribution is 4.76. The molecule has 1 N–H and O–H groups in total. The molecule has 2 heteroatoms. The predicted octanol–water partition coefficient (Wildman–Crippen LogP) is 1.80. The molecule has 0 aliphatic heterocycles. The van der Waals surface area contributed by atoms with Gasteiger partial charge in [-0.25, -0.2) is 0 Å². The molecule has 0 radical (unpaired) electrons. The first-order valence-corrected chi connectivity index (χ1v) is 4.53. The summed E-state index contributed by atoms with van der Waals surface area (Å²) in [5.74, 6) is 0. The van der Waals surface area contributed by atoms with Crippen molar-refractivity contribution < 1.29 is 9.59 Å². The molecule has 0 saturated carbocycles. The van der Waals surface area contributed by atoms with Gasteiger partial charge in [-0.05, 0) is 18.2 Å². The van der Waals surface area contributed by atoms with Crippen LogP contribution in [0, 0.1) is 7.43 Å². The Morgan fingerprint density at radius 1 is 0.929 bits per heavy atom. The van der Waals surface area contributed by atoms with Crippen LogP contribution < -0.4 is 0 Å². The molecule has 0 fully saturated rings. The van der Waals surface area contributed by atoms with Gasteiger partial charge in [0.15, 0.2) is 0 Å². The summed E-state index contributed by atoms with van der Waals surface area (Å²) in [6.45, 7) is 14.6. The van der Waals surface area contributed by atoms with Gasteiger partial charge in [-0.1, -0.05) is 19.7 Å². The molecule has 82 valence electrons. The van der Waals surface area contributed by atoms with Gasteiger partial charge in [-0.3, -0.25) is 0 Å². The van der Waals surface area contributed by atoms with Crippen molar-refractivity contribution in [1.82, 2.24) is 0 Å². The minimum Gasteiger partial charge on any atom is -0.391 e. The highest BCUT2D eigenvalue weighted by Gasteiger charge is 2.21. The standard InChI is InChI=1S/C11H20NO.CH3/c1-4-7-12(8-5-2,9-6-3)10-11-13;/h4-6,13H,1-3,7-11H2;1H3/q+1;-1. The van der Waals surface area contributed by atoms with Crippen molar-refractivity contribution in [3.05, 3.63) is 45.4 Å². The topological polar surface area (TPSA) is 20.2 Å². The van der Waals surface area contributed by atoms with Gasteiger partial charge in [0, 0.05) is 0 Å². The molecule has 0 heterocycles. The summed E-state index contributed by atoms with van der Waals surface area (Å²) in [7, 11) is 0. The van der Waals surface area contributed by atoms with Crippen LogP contribution in [0.5, 0.6) is 0 Å². The van der Waals surface area contributed by atoms with E-state index in [2.05, 4.69) is 19.7 Å². The van der Waals surface area contributed by atoms with E-state index in [9.17, 15) is 0 Å². The molecule has 14 heavy (non-hydrogen) atoms. The van der Waals surface area contributed by atoms with Gasteiger partial charge < -0.3 is 17.0 Å². The van der Waals surface area contributed by atoms with Crippen LogP contribution in [0.3, 0.4) is 0 Å². The largest absolute Gasteiger partial charge is 0.391 e. The molecule has 0 bridgehead atoms. The fourth-order valence-electron chi connectivity index (χ4n) is 1.53.